The van der Waals surface area contributed by atoms with E-state index in [-0.39, 0.29) is 31.4 Å². The second-order valence-electron chi connectivity index (χ2n) is 9.95. The van der Waals surface area contributed by atoms with Gasteiger partial charge in [0.15, 0.2) is 0 Å². The maximum absolute atomic E-state index is 13.7. The van der Waals surface area contributed by atoms with Gasteiger partial charge in [0.25, 0.3) is 5.91 Å². The summed E-state index contributed by atoms with van der Waals surface area (Å²) in [4.78, 5) is 45.7. The zero-order valence-corrected chi connectivity index (χ0v) is 19.0. The molecule has 0 bridgehead atoms. The van der Waals surface area contributed by atoms with Crippen LogP contribution < -0.4 is 5.32 Å². The van der Waals surface area contributed by atoms with E-state index in [9.17, 15) is 19.5 Å². The van der Waals surface area contributed by atoms with Gasteiger partial charge in [-0.15, -0.1) is 5.10 Å². The maximum Gasteiger partial charge on any atom is 0.271 e. The highest BCUT2D eigenvalue weighted by Gasteiger charge is 2.46. The first-order valence-corrected chi connectivity index (χ1v) is 11.2. The first-order chi connectivity index (χ1) is 15.1. The van der Waals surface area contributed by atoms with E-state index >= 15 is 0 Å². The quantitative estimate of drug-likeness (QED) is 0.626. The van der Waals surface area contributed by atoms with E-state index in [0.717, 1.165) is 18.5 Å². The third-order valence-electron chi connectivity index (χ3n) is 6.25. The van der Waals surface area contributed by atoms with Crippen LogP contribution >= 0.6 is 0 Å². The van der Waals surface area contributed by atoms with E-state index < -0.39 is 35.6 Å². The maximum atomic E-state index is 13.7. The monoisotopic (exact) mass is 448 g/mol. The molecule has 3 aliphatic rings. The number of aromatic nitrogens is 3. The molecule has 0 spiro atoms. The van der Waals surface area contributed by atoms with Crippen molar-refractivity contribution in [3.63, 3.8) is 0 Å². The molecule has 2 saturated heterocycles. The van der Waals surface area contributed by atoms with Gasteiger partial charge in [0, 0.05) is 31.6 Å². The molecule has 4 rings (SSSR count). The number of hydrogen-bond acceptors (Lipinski definition) is 7. The van der Waals surface area contributed by atoms with Crippen molar-refractivity contribution in [2.45, 2.75) is 77.1 Å². The first-order valence-electron chi connectivity index (χ1n) is 11.2. The Labute approximate surface area is 187 Å². The van der Waals surface area contributed by atoms with Crippen LogP contribution in [0.15, 0.2) is 6.20 Å². The van der Waals surface area contributed by atoms with Gasteiger partial charge in [-0.3, -0.25) is 19.2 Å². The summed E-state index contributed by atoms with van der Waals surface area (Å²) in [5, 5.41) is 22.7. The van der Waals surface area contributed by atoms with Gasteiger partial charge in [-0.25, -0.2) is 9.75 Å². The standard InChI is InChI=1S/C21H32N6O5/c1-5-27-19(30)15(11-32-27)22-18(29)16-8-13(28)9-25(16)20(31)17(21(2,3)4)26-10-14(23-24-26)12-6-7-12/h10,12-13,15-17,28H,5-9,11H2,1-4H3,(H,22,29)/t13?,15?,16?,17-/m1/s1. The summed E-state index contributed by atoms with van der Waals surface area (Å²) in [6.45, 7) is 8.06. The lowest BCUT2D eigenvalue weighted by Crippen LogP contribution is -2.53. The van der Waals surface area contributed by atoms with Crippen molar-refractivity contribution >= 4 is 17.7 Å². The Balaban J connectivity index is 1.53. The molecule has 2 aliphatic heterocycles. The minimum atomic E-state index is -0.878. The van der Waals surface area contributed by atoms with Gasteiger partial charge in [0.05, 0.1) is 11.8 Å². The number of aliphatic hydroxyl groups excluding tert-OH is 1. The van der Waals surface area contributed by atoms with Gasteiger partial charge in [0.1, 0.15) is 24.7 Å². The summed E-state index contributed by atoms with van der Waals surface area (Å²) in [5.41, 5.74) is 0.375. The van der Waals surface area contributed by atoms with Gasteiger partial charge in [-0.1, -0.05) is 26.0 Å². The topological polar surface area (TPSA) is 130 Å². The Morgan fingerprint density at radius 2 is 2.06 bits per heavy atom. The number of amides is 3. The number of β-amino-alcohol motifs (C(OH)–C–C–N with tert-alkyl or cyclic N) is 1. The van der Waals surface area contributed by atoms with E-state index in [0.29, 0.717) is 12.5 Å². The van der Waals surface area contributed by atoms with Gasteiger partial charge in [0.2, 0.25) is 11.8 Å². The van der Waals surface area contributed by atoms with E-state index in [1.54, 1.807) is 11.6 Å². The number of carbonyl (C=O) groups is 3. The van der Waals surface area contributed by atoms with Crippen LogP contribution in [0.5, 0.6) is 0 Å². The van der Waals surface area contributed by atoms with Gasteiger partial charge < -0.3 is 15.3 Å². The summed E-state index contributed by atoms with van der Waals surface area (Å²) in [7, 11) is 0. The SMILES string of the molecule is CCN1OCC(NC(=O)C2CC(O)CN2C(=O)[C@@H](n2cc(C3CC3)nn2)C(C)(C)C)C1=O. The Kier molecular flexibility index (Phi) is 5.97. The molecule has 0 radical (unpaired) electrons. The van der Waals surface area contributed by atoms with Gasteiger partial charge in [-0.05, 0) is 25.2 Å². The Hall–Kier alpha value is -2.53. The third-order valence-corrected chi connectivity index (χ3v) is 6.25. The van der Waals surface area contributed by atoms with E-state index in [1.165, 1.54) is 9.96 Å². The molecule has 3 amide bonds. The van der Waals surface area contributed by atoms with Crippen LogP contribution in [0.3, 0.4) is 0 Å². The van der Waals surface area contributed by atoms with Crippen LogP contribution in [0, 0.1) is 5.41 Å². The van der Waals surface area contributed by atoms with Gasteiger partial charge >= 0.3 is 0 Å². The van der Waals surface area contributed by atoms with Crippen LogP contribution in [-0.2, 0) is 19.2 Å². The lowest BCUT2D eigenvalue weighted by Gasteiger charge is -2.34. The minimum Gasteiger partial charge on any atom is -0.391 e. The van der Waals surface area contributed by atoms with Crippen LogP contribution in [0.4, 0.5) is 0 Å². The molecule has 3 fully saturated rings. The predicted octanol–water partition coefficient (Wildman–Crippen LogP) is -0.0170. The molecule has 3 unspecified atom stereocenters. The zero-order valence-electron chi connectivity index (χ0n) is 19.0. The van der Waals surface area contributed by atoms with Crippen LogP contribution in [0.2, 0.25) is 0 Å². The second kappa shape index (κ2) is 8.43. The highest BCUT2D eigenvalue weighted by atomic mass is 16.7. The molecule has 1 aromatic heterocycles. The lowest BCUT2D eigenvalue weighted by molar-refractivity contribution is -0.160. The number of nitrogens with zero attached hydrogens (tertiary/aromatic N) is 5. The van der Waals surface area contributed by atoms with E-state index in [1.807, 2.05) is 27.0 Å². The molecule has 32 heavy (non-hydrogen) atoms. The number of aliphatic hydroxyl groups is 1. The minimum absolute atomic E-state index is 0.0455. The first kappa shape index (κ1) is 22.7. The van der Waals surface area contributed by atoms with Crippen molar-refractivity contribution in [1.29, 1.82) is 0 Å². The molecular formula is C21H32N6O5. The predicted molar refractivity (Wildman–Crippen MR) is 112 cm³/mol. The summed E-state index contributed by atoms with van der Waals surface area (Å²) >= 11 is 0. The lowest BCUT2D eigenvalue weighted by atomic mass is 9.85. The fourth-order valence-corrected chi connectivity index (χ4v) is 4.42. The number of nitrogens with one attached hydrogen (secondary N) is 1. The molecule has 11 heteroatoms. The second-order valence-corrected chi connectivity index (χ2v) is 9.95. The summed E-state index contributed by atoms with van der Waals surface area (Å²) in [6.07, 6.45) is 3.26. The number of hydrogen-bond donors (Lipinski definition) is 2. The van der Waals surface area contributed by atoms with Crippen molar-refractivity contribution in [3.8, 4) is 0 Å². The highest BCUT2D eigenvalue weighted by molar-refractivity contribution is 5.93. The molecule has 1 aliphatic carbocycles. The van der Waals surface area contributed by atoms with Crippen molar-refractivity contribution < 1.29 is 24.3 Å². The molecule has 176 valence electrons. The Bertz CT molecular complexity index is 891. The third kappa shape index (κ3) is 4.36. The summed E-state index contributed by atoms with van der Waals surface area (Å²) in [5.74, 6) is -0.689. The summed E-state index contributed by atoms with van der Waals surface area (Å²) in [6, 6.07) is -2.36. The van der Waals surface area contributed by atoms with Crippen molar-refractivity contribution in [2.24, 2.45) is 5.41 Å². The van der Waals surface area contributed by atoms with E-state index in [4.69, 9.17) is 4.84 Å². The fourth-order valence-electron chi connectivity index (χ4n) is 4.42. The van der Waals surface area contributed by atoms with Crippen LogP contribution in [0.25, 0.3) is 0 Å². The molecule has 3 heterocycles. The zero-order chi connectivity index (χ0) is 23.2. The molecule has 1 aromatic rings. The van der Waals surface area contributed by atoms with Crippen molar-refractivity contribution in [2.75, 3.05) is 19.7 Å². The number of likely N-dealkylation sites (N-methyl/N-ethyl adjacent to an activating group) is 1. The number of hydroxylamine groups is 2. The highest BCUT2D eigenvalue weighted by Crippen LogP contribution is 2.40. The molecule has 4 atom stereocenters. The smallest absolute Gasteiger partial charge is 0.271 e. The fraction of sp³-hybridized carbons (Fsp3) is 0.762. The van der Waals surface area contributed by atoms with Gasteiger partial charge in [-0.2, -0.15) is 0 Å². The summed E-state index contributed by atoms with van der Waals surface area (Å²) < 4.78 is 1.59. The van der Waals surface area contributed by atoms with Crippen molar-refractivity contribution in [3.05, 3.63) is 11.9 Å². The van der Waals surface area contributed by atoms with E-state index in [2.05, 4.69) is 15.6 Å². The molecular weight excluding hydrogens is 416 g/mol. The largest absolute Gasteiger partial charge is 0.391 e. The average molecular weight is 449 g/mol. The Morgan fingerprint density at radius 1 is 1.34 bits per heavy atom. The van der Waals surface area contributed by atoms with Crippen LogP contribution in [-0.4, -0.2) is 85.7 Å². The molecule has 1 saturated carbocycles. The number of likely N-dealkylation sites (tertiary alicyclic amines) is 1. The normalized spacial score (nSPS) is 27.2. The number of rotatable bonds is 6. The molecule has 2 N–H and O–H groups in total. The number of carbonyl (C=O) groups excluding carboxylic acids is 3. The average Bonchev–Trinajstić information content (AvgIpc) is 3.16. The molecule has 0 aromatic carbocycles. The molecule has 11 nitrogen and oxygen atoms in total. The van der Waals surface area contributed by atoms with Crippen molar-refractivity contribution in [1.82, 2.24) is 30.3 Å². The Morgan fingerprint density at radius 3 is 2.66 bits per heavy atom. The van der Waals surface area contributed by atoms with Crippen LogP contribution in [0.1, 0.15) is 64.6 Å².